The van der Waals surface area contributed by atoms with Crippen molar-refractivity contribution in [2.24, 2.45) is 5.73 Å². The molecule has 104 valence electrons. The quantitative estimate of drug-likeness (QED) is 0.873. The first-order valence-electron chi connectivity index (χ1n) is 7.33. The third kappa shape index (κ3) is 1.93. The van der Waals surface area contributed by atoms with Crippen LogP contribution in [0.2, 0.25) is 5.02 Å². The van der Waals surface area contributed by atoms with Crippen molar-refractivity contribution in [2.75, 3.05) is 6.54 Å². The molecule has 0 heterocycles. The SMILES string of the molecule is NCC[C@]12CCCC[C@@]1(O)CCc1ccc(Cl)cc12. The van der Waals surface area contributed by atoms with Gasteiger partial charge in [-0.25, -0.2) is 0 Å². The summed E-state index contributed by atoms with van der Waals surface area (Å²) in [5.41, 5.74) is 7.74. The van der Waals surface area contributed by atoms with E-state index in [-0.39, 0.29) is 5.41 Å². The van der Waals surface area contributed by atoms with E-state index in [1.807, 2.05) is 6.07 Å². The largest absolute Gasteiger partial charge is 0.389 e. The topological polar surface area (TPSA) is 46.2 Å². The lowest BCUT2D eigenvalue weighted by Crippen LogP contribution is -2.57. The van der Waals surface area contributed by atoms with E-state index in [1.54, 1.807) is 0 Å². The van der Waals surface area contributed by atoms with Gasteiger partial charge in [-0.3, -0.25) is 0 Å². The van der Waals surface area contributed by atoms with Crippen LogP contribution in [0, 0.1) is 0 Å². The number of fused-ring (bicyclic) bond motifs is 3. The van der Waals surface area contributed by atoms with Gasteiger partial charge < -0.3 is 10.8 Å². The number of aryl methyl sites for hydroxylation is 1. The average Bonchev–Trinajstić information content (AvgIpc) is 2.40. The molecule has 0 amide bonds. The molecule has 0 bridgehead atoms. The van der Waals surface area contributed by atoms with Crippen LogP contribution < -0.4 is 5.73 Å². The molecule has 0 radical (unpaired) electrons. The van der Waals surface area contributed by atoms with Gasteiger partial charge in [0.2, 0.25) is 0 Å². The molecule has 0 aliphatic heterocycles. The van der Waals surface area contributed by atoms with Gasteiger partial charge in [0.25, 0.3) is 0 Å². The van der Waals surface area contributed by atoms with E-state index in [2.05, 4.69) is 12.1 Å². The van der Waals surface area contributed by atoms with Gasteiger partial charge in [0.1, 0.15) is 0 Å². The van der Waals surface area contributed by atoms with Crippen molar-refractivity contribution in [3.8, 4) is 0 Å². The number of benzene rings is 1. The molecule has 1 fully saturated rings. The Kier molecular flexibility index (Phi) is 3.36. The van der Waals surface area contributed by atoms with Gasteiger partial charge in [0, 0.05) is 10.4 Å². The molecule has 0 unspecified atom stereocenters. The molecule has 1 aromatic carbocycles. The van der Waals surface area contributed by atoms with Crippen molar-refractivity contribution >= 4 is 11.6 Å². The Morgan fingerprint density at radius 1 is 1.21 bits per heavy atom. The number of halogens is 1. The molecule has 2 nitrogen and oxygen atoms in total. The van der Waals surface area contributed by atoms with E-state index in [4.69, 9.17) is 17.3 Å². The van der Waals surface area contributed by atoms with Gasteiger partial charge in [-0.05, 0) is 61.9 Å². The van der Waals surface area contributed by atoms with Crippen LogP contribution in [0.25, 0.3) is 0 Å². The lowest BCUT2D eigenvalue weighted by Gasteiger charge is -2.54. The van der Waals surface area contributed by atoms with Gasteiger partial charge in [-0.15, -0.1) is 0 Å². The predicted molar refractivity (Wildman–Crippen MR) is 78.5 cm³/mol. The molecule has 2 aliphatic carbocycles. The zero-order chi connectivity index (χ0) is 13.5. The molecule has 2 atom stereocenters. The first kappa shape index (κ1) is 13.4. The number of rotatable bonds is 2. The van der Waals surface area contributed by atoms with Crippen LogP contribution in [-0.2, 0) is 11.8 Å². The van der Waals surface area contributed by atoms with Crippen molar-refractivity contribution in [3.05, 3.63) is 34.3 Å². The first-order chi connectivity index (χ1) is 9.11. The van der Waals surface area contributed by atoms with E-state index >= 15 is 0 Å². The van der Waals surface area contributed by atoms with Crippen LogP contribution >= 0.6 is 11.6 Å². The lowest BCUT2D eigenvalue weighted by molar-refractivity contribution is -0.0862. The summed E-state index contributed by atoms with van der Waals surface area (Å²) in [6.45, 7) is 0.619. The molecular weight excluding hydrogens is 258 g/mol. The van der Waals surface area contributed by atoms with Crippen molar-refractivity contribution in [2.45, 2.75) is 56.0 Å². The fraction of sp³-hybridized carbons (Fsp3) is 0.625. The van der Waals surface area contributed by atoms with Crippen molar-refractivity contribution in [1.82, 2.24) is 0 Å². The van der Waals surface area contributed by atoms with E-state index < -0.39 is 5.60 Å². The third-order valence-electron chi connectivity index (χ3n) is 5.30. The number of aliphatic hydroxyl groups is 1. The monoisotopic (exact) mass is 279 g/mol. The Morgan fingerprint density at radius 3 is 2.79 bits per heavy atom. The lowest BCUT2D eigenvalue weighted by atomic mass is 9.53. The van der Waals surface area contributed by atoms with Crippen LogP contribution in [0.4, 0.5) is 0 Å². The fourth-order valence-corrected chi connectivity index (χ4v) is 4.53. The van der Waals surface area contributed by atoms with E-state index in [1.165, 1.54) is 17.5 Å². The summed E-state index contributed by atoms with van der Waals surface area (Å²) in [6, 6.07) is 6.16. The summed E-state index contributed by atoms with van der Waals surface area (Å²) in [6.07, 6.45) is 6.91. The summed E-state index contributed by atoms with van der Waals surface area (Å²) in [4.78, 5) is 0. The number of hydrogen-bond acceptors (Lipinski definition) is 2. The predicted octanol–water partition coefficient (Wildman–Crippen LogP) is 3.18. The standard InChI is InChI=1S/C16H22ClNO/c17-13-4-3-12-5-8-16(19)7-2-1-6-15(16,9-10-18)14(12)11-13/h3-4,11,19H,1-2,5-10,18H2/t15-,16+/m0/s1. The molecule has 19 heavy (non-hydrogen) atoms. The van der Waals surface area contributed by atoms with Crippen LogP contribution in [0.3, 0.4) is 0 Å². The third-order valence-corrected chi connectivity index (χ3v) is 5.54. The Morgan fingerprint density at radius 2 is 2.00 bits per heavy atom. The molecule has 0 spiro atoms. The van der Waals surface area contributed by atoms with Gasteiger partial charge >= 0.3 is 0 Å². The Bertz CT molecular complexity index is 486. The zero-order valence-corrected chi connectivity index (χ0v) is 12.0. The second-order valence-electron chi connectivity index (χ2n) is 6.16. The van der Waals surface area contributed by atoms with Crippen LogP contribution in [-0.4, -0.2) is 17.3 Å². The maximum absolute atomic E-state index is 11.2. The first-order valence-corrected chi connectivity index (χ1v) is 7.70. The maximum atomic E-state index is 11.2. The van der Waals surface area contributed by atoms with Crippen molar-refractivity contribution < 1.29 is 5.11 Å². The van der Waals surface area contributed by atoms with Crippen LogP contribution in [0.5, 0.6) is 0 Å². The minimum Gasteiger partial charge on any atom is -0.389 e. The van der Waals surface area contributed by atoms with Crippen molar-refractivity contribution in [1.29, 1.82) is 0 Å². The smallest absolute Gasteiger partial charge is 0.0747 e. The Balaban J connectivity index is 2.17. The van der Waals surface area contributed by atoms with Crippen molar-refractivity contribution in [3.63, 3.8) is 0 Å². The highest BCUT2D eigenvalue weighted by Gasteiger charge is 2.54. The average molecular weight is 280 g/mol. The minimum absolute atomic E-state index is 0.168. The summed E-state index contributed by atoms with van der Waals surface area (Å²) in [7, 11) is 0. The molecule has 1 aromatic rings. The number of nitrogens with two attached hydrogens (primary N) is 1. The van der Waals surface area contributed by atoms with E-state index in [9.17, 15) is 5.11 Å². The van der Waals surface area contributed by atoms with Crippen LogP contribution in [0.1, 0.15) is 49.7 Å². The van der Waals surface area contributed by atoms with Gasteiger partial charge in [-0.1, -0.05) is 30.5 Å². The second-order valence-corrected chi connectivity index (χ2v) is 6.60. The molecule has 3 rings (SSSR count). The Hall–Kier alpha value is -0.570. The highest BCUT2D eigenvalue weighted by Crippen LogP contribution is 2.54. The van der Waals surface area contributed by atoms with Gasteiger partial charge in [0.15, 0.2) is 0 Å². The highest BCUT2D eigenvalue weighted by molar-refractivity contribution is 6.30. The molecule has 2 aliphatic rings. The summed E-state index contributed by atoms with van der Waals surface area (Å²) in [5.74, 6) is 0. The highest BCUT2D eigenvalue weighted by atomic mass is 35.5. The fourth-order valence-electron chi connectivity index (χ4n) is 4.36. The molecule has 3 N–H and O–H groups in total. The normalized spacial score (nSPS) is 33.6. The second kappa shape index (κ2) is 4.76. The van der Waals surface area contributed by atoms with Gasteiger partial charge in [0.05, 0.1) is 5.60 Å². The van der Waals surface area contributed by atoms with Crippen LogP contribution in [0.15, 0.2) is 18.2 Å². The molecule has 1 saturated carbocycles. The molecule has 0 saturated heterocycles. The number of hydrogen-bond donors (Lipinski definition) is 2. The summed E-state index contributed by atoms with van der Waals surface area (Å²) >= 11 is 6.20. The Labute approximate surface area is 120 Å². The van der Waals surface area contributed by atoms with E-state index in [0.29, 0.717) is 6.54 Å². The zero-order valence-electron chi connectivity index (χ0n) is 11.3. The molecule has 0 aromatic heterocycles. The minimum atomic E-state index is -0.581. The molecule has 3 heteroatoms. The maximum Gasteiger partial charge on any atom is 0.0747 e. The summed E-state index contributed by atoms with van der Waals surface area (Å²) in [5, 5.41) is 12.0. The van der Waals surface area contributed by atoms with Gasteiger partial charge in [-0.2, -0.15) is 0 Å². The summed E-state index contributed by atoms with van der Waals surface area (Å²) < 4.78 is 0. The van der Waals surface area contributed by atoms with E-state index in [0.717, 1.165) is 43.5 Å². The molecular formula is C16H22ClNO.